The van der Waals surface area contributed by atoms with Crippen LogP contribution in [0.15, 0.2) is 0 Å². The minimum absolute atomic E-state index is 0.228. The Morgan fingerprint density at radius 1 is 1.38 bits per heavy atom. The maximum Gasteiger partial charge on any atom is 0.328 e. The molecule has 1 rings (SSSR count). The van der Waals surface area contributed by atoms with Crippen molar-refractivity contribution < 1.29 is 19.8 Å². The van der Waals surface area contributed by atoms with Crippen LogP contribution in [0.5, 0.6) is 0 Å². The molecule has 3 N–H and O–H groups in total. The van der Waals surface area contributed by atoms with E-state index in [1.807, 2.05) is 6.92 Å². The number of hydrogen-bond acceptors (Lipinski definition) is 3. The number of carbonyl (C=O) groups excluding carboxylic acids is 1. The molecule has 16 heavy (non-hydrogen) atoms. The SMILES string of the molecule is CCC1(C(=O)NC(CO)C(=O)O)CCCC1. The molecule has 5 nitrogen and oxygen atoms in total. The normalized spacial score (nSPS) is 20.4. The van der Waals surface area contributed by atoms with Gasteiger partial charge in [0.1, 0.15) is 6.04 Å². The molecule has 0 heterocycles. The molecule has 1 atom stereocenters. The second kappa shape index (κ2) is 5.30. The average Bonchev–Trinajstić information content (AvgIpc) is 2.74. The predicted octanol–water partition coefficient (Wildman–Crippen LogP) is 0.518. The van der Waals surface area contributed by atoms with Crippen molar-refractivity contribution in [1.82, 2.24) is 5.32 Å². The molecule has 0 aromatic heterocycles. The summed E-state index contributed by atoms with van der Waals surface area (Å²) in [5, 5.41) is 20.0. The maximum atomic E-state index is 12.0. The molecule has 1 aliphatic rings. The third-order valence-electron chi connectivity index (χ3n) is 3.51. The summed E-state index contributed by atoms with van der Waals surface area (Å²) in [6, 6.07) is -1.18. The number of nitrogens with one attached hydrogen (secondary N) is 1. The van der Waals surface area contributed by atoms with E-state index in [1.165, 1.54) is 0 Å². The molecule has 0 aromatic carbocycles. The summed E-state index contributed by atoms with van der Waals surface area (Å²) < 4.78 is 0. The van der Waals surface area contributed by atoms with E-state index in [9.17, 15) is 9.59 Å². The lowest BCUT2D eigenvalue weighted by atomic mass is 9.82. The van der Waals surface area contributed by atoms with Crippen molar-refractivity contribution in [3.63, 3.8) is 0 Å². The van der Waals surface area contributed by atoms with Crippen LogP contribution in [-0.2, 0) is 9.59 Å². The van der Waals surface area contributed by atoms with Gasteiger partial charge in [-0.3, -0.25) is 4.79 Å². The van der Waals surface area contributed by atoms with E-state index in [1.54, 1.807) is 0 Å². The molecular weight excluding hydrogens is 210 g/mol. The van der Waals surface area contributed by atoms with Crippen molar-refractivity contribution in [2.45, 2.75) is 45.1 Å². The first-order chi connectivity index (χ1) is 7.55. The van der Waals surface area contributed by atoms with E-state index in [-0.39, 0.29) is 5.91 Å². The van der Waals surface area contributed by atoms with Crippen molar-refractivity contribution in [2.75, 3.05) is 6.61 Å². The third kappa shape index (κ3) is 2.52. The fourth-order valence-corrected chi connectivity index (χ4v) is 2.29. The lowest BCUT2D eigenvalue weighted by Crippen LogP contribution is -2.49. The molecule has 0 aliphatic heterocycles. The second-order valence-corrected chi connectivity index (χ2v) is 4.39. The van der Waals surface area contributed by atoms with Crippen LogP contribution < -0.4 is 5.32 Å². The van der Waals surface area contributed by atoms with Gasteiger partial charge in [-0.25, -0.2) is 4.79 Å². The second-order valence-electron chi connectivity index (χ2n) is 4.39. The largest absolute Gasteiger partial charge is 0.480 e. The molecular formula is C11H19NO4. The zero-order chi connectivity index (χ0) is 12.2. The summed E-state index contributed by atoms with van der Waals surface area (Å²) in [4.78, 5) is 22.7. The van der Waals surface area contributed by atoms with Crippen LogP contribution >= 0.6 is 0 Å². The lowest BCUT2D eigenvalue weighted by molar-refractivity contribution is -0.145. The highest BCUT2D eigenvalue weighted by Gasteiger charge is 2.40. The third-order valence-corrected chi connectivity index (χ3v) is 3.51. The van der Waals surface area contributed by atoms with Crippen molar-refractivity contribution in [2.24, 2.45) is 5.41 Å². The number of carboxylic acid groups (broad SMARTS) is 1. The molecule has 0 saturated heterocycles. The van der Waals surface area contributed by atoms with E-state index in [0.29, 0.717) is 0 Å². The Bertz CT molecular complexity index is 271. The van der Waals surface area contributed by atoms with Crippen molar-refractivity contribution >= 4 is 11.9 Å². The van der Waals surface area contributed by atoms with E-state index in [4.69, 9.17) is 10.2 Å². The monoisotopic (exact) mass is 229 g/mol. The highest BCUT2D eigenvalue weighted by molar-refractivity contribution is 5.87. The van der Waals surface area contributed by atoms with Gasteiger partial charge in [0.25, 0.3) is 0 Å². The number of aliphatic carboxylic acids is 1. The zero-order valence-corrected chi connectivity index (χ0v) is 9.53. The standard InChI is InChI=1S/C11H19NO4/c1-2-11(5-3-4-6-11)10(16)12-8(7-13)9(14)15/h8,13H,2-7H2,1H3,(H,12,16)(H,14,15). The van der Waals surface area contributed by atoms with E-state index >= 15 is 0 Å². The Morgan fingerprint density at radius 3 is 2.31 bits per heavy atom. The molecule has 92 valence electrons. The van der Waals surface area contributed by atoms with Crippen LogP contribution in [-0.4, -0.2) is 34.7 Å². The van der Waals surface area contributed by atoms with Gasteiger partial charge in [-0.2, -0.15) is 0 Å². The summed E-state index contributed by atoms with van der Waals surface area (Å²) in [6.07, 6.45) is 4.37. The van der Waals surface area contributed by atoms with Crippen LogP contribution in [0.25, 0.3) is 0 Å². The smallest absolute Gasteiger partial charge is 0.328 e. The summed E-state index contributed by atoms with van der Waals surface area (Å²) in [6.45, 7) is 1.38. The Morgan fingerprint density at radius 2 is 1.94 bits per heavy atom. The van der Waals surface area contributed by atoms with Crippen LogP contribution in [0.2, 0.25) is 0 Å². The summed E-state index contributed by atoms with van der Waals surface area (Å²) >= 11 is 0. The number of carbonyl (C=O) groups is 2. The average molecular weight is 229 g/mol. The first-order valence-electron chi connectivity index (χ1n) is 5.70. The summed E-state index contributed by atoms with van der Waals surface area (Å²) in [7, 11) is 0. The van der Waals surface area contributed by atoms with Gasteiger partial charge >= 0.3 is 5.97 Å². The van der Waals surface area contributed by atoms with Crippen LogP contribution in [0.3, 0.4) is 0 Å². The van der Waals surface area contributed by atoms with Gasteiger partial charge in [0.15, 0.2) is 0 Å². The molecule has 1 fully saturated rings. The van der Waals surface area contributed by atoms with E-state index in [2.05, 4.69) is 5.32 Å². The Labute approximate surface area is 94.8 Å². The number of hydrogen-bond donors (Lipinski definition) is 3. The highest BCUT2D eigenvalue weighted by Crippen LogP contribution is 2.41. The lowest BCUT2D eigenvalue weighted by Gasteiger charge is -2.27. The number of rotatable bonds is 5. The van der Waals surface area contributed by atoms with E-state index in [0.717, 1.165) is 32.1 Å². The highest BCUT2D eigenvalue weighted by atomic mass is 16.4. The minimum atomic E-state index is -1.19. The van der Waals surface area contributed by atoms with Gasteiger partial charge in [-0.15, -0.1) is 0 Å². The molecule has 0 bridgehead atoms. The first-order valence-corrected chi connectivity index (χ1v) is 5.70. The number of amides is 1. The molecule has 0 spiro atoms. The van der Waals surface area contributed by atoms with Gasteiger partial charge in [-0.1, -0.05) is 19.8 Å². The molecule has 0 aromatic rings. The number of aliphatic hydroxyl groups excluding tert-OH is 1. The Hall–Kier alpha value is -1.10. The predicted molar refractivity (Wildman–Crippen MR) is 57.8 cm³/mol. The number of aliphatic hydroxyl groups is 1. The van der Waals surface area contributed by atoms with Crippen molar-refractivity contribution in [3.8, 4) is 0 Å². The zero-order valence-electron chi connectivity index (χ0n) is 9.53. The quantitative estimate of drug-likeness (QED) is 0.641. The minimum Gasteiger partial charge on any atom is -0.480 e. The van der Waals surface area contributed by atoms with Crippen molar-refractivity contribution in [1.29, 1.82) is 0 Å². The fraction of sp³-hybridized carbons (Fsp3) is 0.818. The molecule has 5 heteroatoms. The Kier molecular flexibility index (Phi) is 4.29. The molecule has 1 unspecified atom stereocenters. The summed E-state index contributed by atoms with van der Waals surface area (Å²) in [5.41, 5.74) is -0.414. The Balaban J connectivity index is 2.65. The first kappa shape index (κ1) is 13.0. The summed E-state index contributed by atoms with van der Waals surface area (Å²) in [5.74, 6) is -1.42. The van der Waals surface area contributed by atoms with Gasteiger partial charge in [-0.05, 0) is 19.3 Å². The van der Waals surface area contributed by atoms with Crippen LogP contribution in [0.1, 0.15) is 39.0 Å². The molecule has 0 radical (unpaired) electrons. The topological polar surface area (TPSA) is 86.6 Å². The molecule has 1 amide bonds. The van der Waals surface area contributed by atoms with Crippen LogP contribution in [0.4, 0.5) is 0 Å². The van der Waals surface area contributed by atoms with Crippen LogP contribution in [0, 0.1) is 5.41 Å². The van der Waals surface area contributed by atoms with Gasteiger partial charge in [0.2, 0.25) is 5.91 Å². The van der Waals surface area contributed by atoms with Crippen molar-refractivity contribution in [3.05, 3.63) is 0 Å². The molecule has 1 aliphatic carbocycles. The maximum absolute atomic E-state index is 12.0. The molecule has 1 saturated carbocycles. The van der Waals surface area contributed by atoms with Gasteiger partial charge in [0.05, 0.1) is 6.61 Å². The van der Waals surface area contributed by atoms with E-state index < -0.39 is 24.0 Å². The number of carboxylic acids is 1. The fourth-order valence-electron chi connectivity index (χ4n) is 2.29. The van der Waals surface area contributed by atoms with Gasteiger partial charge in [0, 0.05) is 5.41 Å². The van der Waals surface area contributed by atoms with Gasteiger partial charge < -0.3 is 15.5 Å².